The third-order valence-electron chi connectivity index (χ3n) is 2.87. The van der Waals surface area contributed by atoms with Crippen molar-refractivity contribution in [3.8, 4) is 5.75 Å². The van der Waals surface area contributed by atoms with E-state index >= 15 is 0 Å². The van der Waals surface area contributed by atoms with Gasteiger partial charge in [0, 0.05) is 23.8 Å². The normalized spacial score (nSPS) is 18.9. The lowest BCUT2D eigenvalue weighted by atomic mass is 10.1. The van der Waals surface area contributed by atoms with Crippen LogP contribution in [0.3, 0.4) is 0 Å². The molecule has 0 saturated heterocycles. The minimum atomic E-state index is -4.84. The van der Waals surface area contributed by atoms with Gasteiger partial charge in [-0.25, -0.2) is 4.39 Å². The molecule has 1 heterocycles. The van der Waals surface area contributed by atoms with Gasteiger partial charge in [-0.05, 0) is 24.3 Å². The molecule has 5 nitrogen and oxygen atoms in total. The van der Waals surface area contributed by atoms with E-state index in [1.165, 1.54) is 0 Å². The van der Waals surface area contributed by atoms with Gasteiger partial charge in [0.1, 0.15) is 5.75 Å². The molecule has 2 rings (SSSR count). The zero-order valence-corrected chi connectivity index (χ0v) is 10.9. The lowest BCUT2D eigenvalue weighted by Gasteiger charge is -2.29. The van der Waals surface area contributed by atoms with Gasteiger partial charge in [-0.2, -0.15) is 0 Å². The number of primary amides is 1. The van der Waals surface area contributed by atoms with E-state index in [0.29, 0.717) is 4.90 Å². The molecule has 0 radical (unpaired) electrons. The number of hydrogen-bond acceptors (Lipinski definition) is 3. The van der Waals surface area contributed by atoms with E-state index in [2.05, 4.69) is 4.74 Å². The Morgan fingerprint density at radius 1 is 1.27 bits per heavy atom. The molecule has 118 valence electrons. The molecule has 0 aromatic heterocycles. The first kappa shape index (κ1) is 15.8. The number of carbonyl (C=O) groups excluding carboxylic acids is 2. The van der Waals surface area contributed by atoms with Gasteiger partial charge < -0.3 is 10.5 Å². The summed E-state index contributed by atoms with van der Waals surface area (Å²) >= 11 is 0. The predicted octanol–water partition coefficient (Wildman–Crippen LogP) is 2.03. The average molecular weight is 318 g/mol. The Morgan fingerprint density at radius 3 is 2.32 bits per heavy atom. The number of ether oxygens (including phenoxy) is 1. The zero-order valence-electron chi connectivity index (χ0n) is 10.9. The topological polar surface area (TPSA) is 72.6 Å². The number of nitrogens with two attached hydrogens (primary N) is 1. The molecule has 0 saturated carbocycles. The van der Waals surface area contributed by atoms with E-state index in [4.69, 9.17) is 5.73 Å². The van der Waals surface area contributed by atoms with Crippen LogP contribution in [0, 0.1) is 0 Å². The molecule has 1 aliphatic rings. The first-order chi connectivity index (χ1) is 10.2. The fraction of sp³-hybridized carbons (Fsp3) is 0.231. The molecule has 1 aliphatic heterocycles. The number of halogens is 4. The first-order valence-corrected chi connectivity index (χ1v) is 6.01. The van der Waals surface area contributed by atoms with Gasteiger partial charge in [0.25, 0.3) is 5.91 Å². The molecule has 2 amide bonds. The summed E-state index contributed by atoms with van der Waals surface area (Å²) in [6.07, 6.45) is -6.17. The van der Waals surface area contributed by atoms with E-state index in [1.54, 1.807) is 0 Å². The van der Waals surface area contributed by atoms with Crippen LogP contribution in [0.25, 0.3) is 0 Å². The van der Waals surface area contributed by atoms with Crippen LogP contribution in [0.4, 0.5) is 23.2 Å². The van der Waals surface area contributed by atoms with Gasteiger partial charge in [0.05, 0.1) is 0 Å². The Balaban J connectivity index is 2.22. The van der Waals surface area contributed by atoms with Crippen molar-refractivity contribution in [2.75, 3.05) is 4.90 Å². The van der Waals surface area contributed by atoms with E-state index in [0.717, 1.165) is 30.3 Å². The van der Waals surface area contributed by atoms with Crippen LogP contribution >= 0.6 is 0 Å². The first-order valence-electron chi connectivity index (χ1n) is 6.01. The third-order valence-corrected chi connectivity index (χ3v) is 2.87. The molecule has 1 unspecified atom stereocenters. The van der Waals surface area contributed by atoms with Crippen LogP contribution < -0.4 is 15.4 Å². The van der Waals surface area contributed by atoms with Gasteiger partial charge in [0.15, 0.2) is 6.30 Å². The lowest BCUT2D eigenvalue weighted by Crippen LogP contribution is -2.42. The summed E-state index contributed by atoms with van der Waals surface area (Å²) in [5.74, 6) is -2.22. The number of carbonyl (C=O) groups is 2. The standard InChI is InChI=1S/C13H10F4N2O3/c14-10-5-7(12(18)21)6-11(20)19(10)8-1-3-9(4-2-8)22-13(15,16)17/h1-4,6,10H,5H2,(H2,18,21). The number of anilines is 1. The summed E-state index contributed by atoms with van der Waals surface area (Å²) < 4.78 is 53.8. The number of alkyl halides is 4. The number of amides is 2. The van der Waals surface area contributed by atoms with Gasteiger partial charge in [0.2, 0.25) is 5.91 Å². The van der Waals surface area contributed by atoms with Gasteiger partial charge in [-0.3, -0.25) is 14.5 Å². The van der Waals surface area contributed by atoms with Gasteiger partial charge >= 0.3 is 6.36 Å². The monoisotopic (exact) mass is 318 g/mol. The Bertz CT molecular complexity index is 625. The highest BCUT2D eigenvalue weighted by atomic mass is 19.4. The molecule has 1 aromatic rings. The Morgan fingerprint density at radius 2 is 1.86 bits per heavy atom. The smallest absolute Gasteiger partial charge is 0.406 e. The van der Waals surface area contributed by atoms with Crippen molar-refractivity contribution < 1.29 is 31.9 Å². The molecular weight excluding hydrogens is 308 g/mol. The summed E-state index contributed by atoms with van der Waals surface area (Å²) in [6.45, 7) is 0. The van der Waals surface area contributed by atoms with Crippen LogP contribution in [0.5, 0.6) is 5.75 Å². The van der Waals surface area contributed by atoms with E-state index in [9.17, 15) is 27.2 Å². The molecule has 2 N–H and O–H groups in total. The van der Waals surface area contributed by atoms with Crippen LogP contribution in [-0.4, -0.2) is 24.5 Å². The zero-order chi connectivity index (χ0) is 16.5. The highest BCUT2D eigenvalue weighted by Crippen LogP contribution is 2.29. The van der Waals surface area contributed by atoms with Crippen molar-refractivity contribution in [1.29, 1.82) is 0 Å². The lowest BCUT2D eigenvalue weighted by molar-refractivity contribution is -0.274. The second-order valence-corrected chi connectivity index (χ2v) is 4.42. The van der Waals surface area contributed by atoms with Gasteiger partial charge in [-0.1, -0.05) is 0 Å². The Hall–Kier alpha value is -2.58. The SMILES string of the molecule is NC(=O)C1=CC(=O)N(c2ccc(OC(F)(F)F)cc2)C(F)C1. The summed E-state index contributed by atoms with van der Waals surface area (Å²) in [5, 5.41) is 0. The fourth-order valence-corrected chi connectivity index (χ4v) is 1.96. The maximum absolute atomic E-state index is 14.0. The van der Waals surface area contributed by atoms with Crippen molar-refractivity contribution in [1.82, 2.24) is 0 Å². The van der Waals surface area contributed by atoms with Crippen molar-refractivity contribution in [3.63, 3.8) is 0 Å². The molecular formula is C13H10F4N2O3. The summed E-state index contributed by atoms with van der Waals surface area (Å²) in [7, 11) is 0. The minimum absolute atomic E-state index is 0.0341. The van der Waals surface area contributed by atoms with E-state index in [1.807, 2.05) is 0 Å². The fourth-order valence-electron chi connectivity index (χ4n) is 1.96. The largest absolute Gasteiger partial charge is 0.573 e. The van der Waals surface area contributed by atoms with Crippen molar-refractivity contribution in [2.45, 2.75) is 19.1 Å². The van der Waals surface area contributed by atoms with E-state index < -0.39 is 30.2 Å². The predicted molar refractivity (Wildman–Crippen MR) is 67.4 cm³/mol. The second-order valence-electron chi connectivity index (χ2n) is 4.42. The number of hydrogen-bond donors (Lipinski definition) is 1. The molecule has 0 spiro atoms. The van der Waals surface area contributed by atoms with Crippen LogP contribution in [-0.2, 0) is 9.59 Å². The van der Waals surface area contributed by atoms with E-state index in [-0.39, 0.29) is 17.7 Å². The second kappa shape index (κ2) is 5.66. The molecule has 0 fully saturated rings. The van der Waals surface area contributed by atoms with Crippen molar-refractivity contribution in [3.05, 3.63) is 35.9 Å². The number of benzene rings is 1. The minimum Gasteiger partial charge on any atom is -0.406 e. The van der Waals surface area contributed by atoms with Crippen LogP contribution in [0.1, 0.15) is 6.42 Å². The average Bonchev–Trinajstić information content (AvgIpc) is 2.38. The van der Waals surface area contributed by atoms with Gasteiger partial charge in [-0.15, -0.1) is 13.2 Å². The highest BCUT2D eigenvalue weighted by molar-refractivity contribution is 6.08. The molecule has 0 bridgehead atoms. The maximum atomic E-state index is 14.0. The summed E-state index contributed by atoms with van der Waals surface area (Å²) in [4.78, 5) is 23.5. The molecule has 22 heavy (non-hydrogen) atoms. The summed E-state index contributed by atoms with van der Waals surface area (Å²) in [5.41, 5.74) is 4.87. The quantitative estimate of drug-likeness (QED) is 0.684. The molecule has 1 aromatic carbocycles. The van der Waals surface area contributed by atoms with Crippen molar-refractivity contribution in [2.24, 2.45) is 5.73 Å². The van der Waals surface area contributed by atoms with Crippen LogP contribution in [0.15, 0.2) is 35.9 Å². The highest BCUT2D eigenvalue weighted by Gasteiger charge is 2.33. The Labute approximate surface area is 121 Å². The summed E-state index contributed by atoms with van der Waals surface area (Å²) in [6, 6.07) is 4.12. The number of nitrogens with zero attached hydrogens (tertiary/aromatic N) is 1. The number of rotatable bonds is 3. The molecule has 1 atom stereocenters. The van der Waals surface area contributed by atoms with Crippen molar-refractivity contribution >= 4 is 17.5 Å². The van der Waals surface area contributed by atoms with Crippen LogP contribution in [0.2, 0.25) is 0 Å². The Kier molecular flexibility index (Phi) is 4.07. The maximum Gasteiger partial charge on any atom is 0.573 e. The molecule has 9 heteroatoms. The third kappa shape index (κ3) is 3.54. The molecule has 0 aliphatic carbocycles.